The lowest BCUT2D eigenvalue weighted by Gasteiger charge is -2.07. The van der Waals surface area contributed by atoms with E-state index in [0.717, 1.165) is 12.8 Å². The molecule has 0 saturated heterocycles. The van der Waals surface area contributed by atoms with Gasteiger partial charge in [0.05, 0.1) is 10.7 Å². The van der Waals surface area contributed by atoms with Crippen molar-refractivity contribution >= 4 is 11.3 Å². The van der Waals surface area contributed by atoms with Crippen molar-refractivity contribution in [3.05, 3.63) is 52.0 Å². The van der Waals surface area contributed by atoms with E-state index in [2.05, 4.69) is 54.5 Å². The zero-order chi connectivity index (χ0) is 11.4. The molecule has 1 unspecified atom stereocenters. The molecule has 0 spiro atoms. The van der Waals surface area contributed by atoms with Crippen molar-refractivity contribution < 1.29 is 0 Å². The van der Waals surface area contributed by atoms with E-state index in [0.29, 0.717) is 5.92 Å². The minimum absolute atomic E-state index is 0.521. The summed E-state index contributed by atoms with van der Waals surface area (Å²) in [4.78, 5) is 4.64. The van der Waals surface area contributed by atoms with Crippen LogP contribution < -0.4 is 0 Å². The summed E-state index contributed by atoms with van der Waals surface area (Å²) >= 11 is 1.79. The van der Waals surface area contributed by atoms with Crippen LogP contribution in [-0.2, 0) is 12.8 Å². The topological polar surface area (TPSA) is 12.9 Å². The Kier molecular flexibility index (Phi) is 3.73. The first-order valence-corrected chi connectivity index (χ1v) is 6.65. The smallest absolute Gasteiger partial charge is 0.0959 e. The number of benzene rings is 1. The lowest BCUT2D eigenvalue weighted by molar-refractivity contribution is 0.746. The molecule has 1 heterocycles. The van der Waals surface area contributed by atoms with Crippen LogP contribution in [0.3, 0.4) is 0 Å². The van der Waals surface area contributed by atoms with Crippen LogP contribution in [0.5, 0.6) is 0 Å². The maximum atomic E-state index is 4.64. The molecule has 0 bridgehead atoms. The Balaban J connectivity index is 2.05. The lowest BCUT2D eigenvalue weighted by Crippen LogP contribution is -1.98. The fourth-order valence-corrected chi connectivity index (χ4v) is 2.73. The summed E-state index contributed by atoms with van der Waals surface area (Å²) in [5, 5.41) is 3.44. The maximum absolute atomic E-state index is 4.64. The number of thiazole rings is 1. The van der Waals surface area contributed by atoms with Crippen molar-refractivity contribution in [2.24, 2.45) is 0 Å². The second-order valence-corrected chi connectivity index (χ2v) is 5.01. The van der Waals surface area contributed by atoms with Crippen LogP contribution >= 0.6 is 11.3 Å². The SMILES string of the molecule is CCc1csc(C(C)Cc2ccccc2)n1. The van der Waals surface area contributed by atoms with Crippen molar-refractivity contribution in [2.45, 2.75) is 32.6 Å². The van der Waals surface area contributed by atoms with E-state index in [1.807, 2.05) is 0 Å². The molecular formula is C14H17NS. The van der Waals surface area contributed by atoms with Crippen LogP contribution in [-0.4, -0.2) is 4.98 Å². The molecule has 84 valence electrons. The van der Waals surface area contributed by atoms with Gasteiger partial charge in [0, 0.05) is 11.3 Å². The molecule has 0 fully saturated rings. The Labute approximate surface area is 101 Å². The van der Waals surface area contributed by atoms with Crippen LogP contribution in [0.4, 0.5) is 0 Å². The Morgan fingerprint density at radius 2 is 2.00 bits per heavy atom. The Morgan fingerprint density at radius 3 is 2.62 bits per heavy atom. The molecule has 0 radical (unpaired) electrons. The molecule has 0 saturated carbocycles. The molecule has 0 aliphatic carbocycles. The third-order valence-electron chi connectivity index (χ3n) is 2.74. The van der Waals surface area contributed by atoms with Crippen molar-refractivity contribution in [1.29, 1.82) is 0 Å². The second kappa shape index (κ2) is 5.26. The molecule has 2 aromatic rings. The molecule has 2 rings (SSSR count). The summed E-state index contributed by atoms with van der Waals surface area (Å²) in [5.41, 5.74) is 2.61. The maximum Gasteiger partial charge on any atom is 0.0959 e. The molecule has 2 heteroatoms. The molecule has 0 aliphatic rings. The second-order valence-electron chi connectivity index (χ2n) is 4.12. The zero-order valence-electron chi connectivity index (χ0n) is 9.81. The molecule has 1 aromatic heterocycles. The Morgan fingerprint density at radius 1 is 1.25 bits per heavy atom. The summed E-state index contributed by atoms with van der Waals surface area (Å²) in [6.45, 7) is 4.41. The molecular weight excluding hydrogens is 214 g/mol. The van der Waals surface area contributed by atoms with Gasteiger partial charge in [0.15, 0.2) is 0 Å². The molecule has 0 aliphatic heterocycles. The Bertz CT molecular complexity index is 433. The van der Waals surface area contributed by atoms with E-state index >= 15 is 0 Å². The fourth-order valence-electron chi connectivity index (χ4n) is 1.77. The van der Waals surface area contributed by atoms with Crippen molar-refractivity contribution in [1.82, 2.24) is 4.98 Å². The predicted octanol–water partition coefficient (Wildman–Crippen LogP) is 4.05. The highest BCUT2D eigenvalue weighted by Gasteiger charge is 2.10. The summed E-state index contributed by atoms with van der Waals surface area (Å²) in [6, 6.07) is 10.6. The quantitative estimate of drug-likeness (QED) is 0.773. The molecule has 1 atom stereocenters. The monoisotopic (exact) mass is 231 g/mol. The van der Waals surface area contributed by atoms with Gasteiger partial charge in [0.1, 0.15) is 0 Å². The first-order chi connectivity index (χ1) is 7.79. The van der Waals surface area contributed by atoms with E-state index in [1.165, 1.54) is 16.3 Å². The fraction of sp³-hybridized carbons (Fsp3) is 0.357. The highest BCUT2D eigenvalue weighted by Crippen LogP contribution is 2.23. The van der Waals surface area contributed by atoms with Gasteiger partial charge in [-0.3, -0.25) is 0 Å². The number of aromatic nitrogens is 1. The lowest BCUT2D eigenvalue weighted by atomic mass is 10.0. The highest BCUT2D eigenvalue weighted by molar-refractivity contribution is 7.09. The van der Waals surface area contributed by atoms with Crippen LogP contribution in [0, 0.1) is 0 Å². The van der Waals surface area contributed by atoms with E-state index < -0.39 is 0 Å². The summed E-state index contributed by atoms with van der Waals surface area (Å²) in [5.74, 6) is 0.521. The normalized spacial score (nSPS) is 12.6. The minimum Gasteiger partial charge on any atom is -0.246 e. The highest BCUT2D eigenvalue weighted by atomic mass is 32.1. The van der Waals surface area contributed by atoms with Gasteiger partial charge in [-0.1, -0.05) is 44.2 Å². The first kappa shape index (κ1) is 11.3. The van der Waals surface area contributed by atoms with Crippen LogP contribution in [0.2, 0.25) is 0 Å². The van der Waals surface area contributed by atoms with Gasteiger partial charge in [-0.2, -0.15) is 0 Å². The molecule has 0 amide bonds. The van der Waals surface area contributed by atoms with Gasteiger partial charge in [-0.05, 0) is 18.4 Å². The Hall–Kier alpha value is -1.15. The predicted molar refractivity (Wildman–Crippen MR) is 70.1 cm³/mol. The molecule has 1 aromatic carbocycles. The van der Waals surface area contributed by atoms with E-state index in [4.69, 9.17) is 0 Å². The van der Waals surface area contributed by atoms with E-state index in [9.17, 15) is 0 Å². The van der Waals surface area contributed by atoms with Crippen LogP contribution in [0.15, 0.2) is 35.7 Å². The van der Waals surface area contributed by atoms with Gasteiger partial charge < -0.3 is 0 Å². The third-order valence-corrected chi connectivity index (χ3v) is 3.86. The zero-order valence-corrected chi connectivity index (χ0v) is 10.6. The van der Waals surface area contributed by atoms with Crippen LogP contribution in [0.25, 0.3) is 0 Å². The van der Waals surface area contributed by atoms with Gasteiger partial charge in [-0.15, -0.1) is 11.3 Å². The number of nitrogens with zero attached hydrogens (tertiary/aromatic N) is 1. The average Bonchev–Trinajstić information content (AvgIpc) is 2.79. The number of hydrogen-bond acceptors (Lipinski definition) is 2. The van der Waals surface area contributed by atoms with E-state index in [1.54, 1.807) is 11.3 Å². The largest absolute Gasteiger partial charge is 0.246 e. The number of hydrogen-bond donors (Lipinski definition) is 0. The molecule has 1 nitrogen and oxygen atoms in total. The van der Waals surface area contributed by atoms with Gasteiger partial charge >= 0.3 is 0 Å². The minimum atomic E-state index is 0.521. The third kappa shape index (κ3) is 2.70. The van der Waals surface area contributed by atoms with Crippen LogP contribution in [0.1, 0.15) is 36.0 Å². The van der Waals surface area contributed by atoms with Crippen molar-refractivity contribution in [3.63, 3.8) is 0 Å². The number of rotatable bonds is 4. The van der Waals surface area contributed by atoms with Gasteiger partial charge in [0.25, 0.3) is 0 Å². The molecule has 0 N–H and O–H groups in total. The van der Waals surface area contributed by atoms with Gasteiger partial charge in [0.2, 0.25) is 0 Å². The standard InChI is InChI=1S/C14H17NS/c1-3-13-10-16-14(15-13)11(2)9-12-7-5-4-6-8-12/h4-8,10-11H,3,9H2,1-2H3. The van der Waals surface area contributed by atoms with E-state index in [-0.39, 0.29) is 0 Å². The average molecular weight is 231 g/mol. The summed E-state index contributed by atoms with van der Waals surface area (Å²) < 4.78 is 0. The van der Waals surface area contributed by atoms with Gasteiger partial charge in [-0.25, -0.2) is 4.98 Å². The summed E-state index contributed by atoms with van der Waals surface area (Å²) in [7, 11) is 0. The molecule has 16 heavy (non-hydrogen) atoms. The summed E-state index contributed by atoms with van der Waals surface area (Å²) in [6.07, 6.45) is 2.12. The number of aryl methyl sites for hydroxylation is 1. The van der Waals surface area contributed by atoms with Crippen molar-refractivity contribution in [3.8, 4) is 0 Å². The first-order valence-electron chi connectivity index (χ1n) is 5.77. The van der Waals surface area contributed by atoms with Crippen molar-refractivity contribution in [2.75, 3.05) is 0 Å².